The molecule has 2 aromatic rings. The first-order valence-electron chi connectivity index (χ1n) is 8.51. The van der Waals surface area contributed by atoms with Crippen molar-refractivity contribution in [1.82, 2.24) is 9.97 Å². The van der Waals surface area contributed by atoms with Crippen LogP contribution in [0.25, 0.3) is 11.4 Å². The summed E-state index contributed by atoms with van der Waals surface area (Å²) in [4.78, 5) is 8.83. The molecule has 0 radical (unpaired) electrons. The van der Waals surface area contributed by atoms with E-state index in [1.807, 2.05) is 24.3 Å². The molecule has 2 rings (SSSR count). The number of aromatic nitrogens is 2. The van der Waals surface area contributed by atoms with E-state index in [1.54, 1.807) is 12.4 Å². The van der Waals surface area contributed by atoms with E-state index in [4.69, 9.17) is 10.5 Å². The Morgan fingerprint density at radius 3 is 2.39 bits per heavy atom. The van der Waals surface area contributed by atoms with Crippen molar-refractivity contribution in [1.29, 1.82) is 0 Å². The molecule has 1 aromatic carbocycles. The van der Waals surface area contributed by atoms with Crippen LogP contribution in [0.4, 0.5) is 0 Å². The highest BCUT2D eigenvalue weighted by atomic mass is 16.5. The topological polar surface area (TPSA) is 61.0 Å². The Morgan fingerprint density at radius 2 is 1.78 bits per heavy atom. The number of hydrogen-bond acceptors (Lipinski definition) is 4. The predicted octanol–water partition coefficient (Wildman–Crippen LogP) is 4.20. The van der Waals surface area contributed by atoms with Crippen LogP contribution in [0.15, 0.2) is 36.7 Å². The minimum absolute atomic E-state index is 0.519. The van der Waals surface area contributed by atoms with Gasteiger partial charge >= 0.3 is 0 Å². The van der Waals surface area contributed by atoms with Gasteiger partial charge in [0.05, 0.1) is 19.0 Å². The molecule has 1 aromatic heterocycles. The van der Waals surface area contributed by atoms with Crippen LogP contribution in [0.3, 0.4) is 0 Å². The van der Waals surface area contributed by atoms with Gasteiger partial charge in [-0.2, -0.15) is 0 Å². The molecule has 0 saturated heterocycles. The van der Waals surface area contributed by atoms with Crippen LogP contribution >= 0.6 is 0 Å². The molecular weight excluding hydrogens is 286 g/mol. The molecule has 23 heavy (non-hydrogen) atoms. The number of rotatable bonds is 9. The molecule has 0 aliphatic rings. The van der Waals surface area contributed by atoms with Crippen LogP contribution in [-0.4, -0.2) is 16.6 Å². The lowest BCUT2D eigenvalue weighted by molar-refractivity contribution is 0.228. The molecule has 4 heteroatoms. The summed E-state index contributed by atoms with van der Waals surface area (Å²) in [5, 5.41) is 0. The third-order valence-corrected chi connectivity index (χ3v) is 3.93. The molecule has 0 aliphatic carbocycles. The van der Waals surface area contributed by atoms with Gasteiger partial charge in [0.1, 0.15) is 0 Å². The smallest absolute Gasteiger partial charge is 0.159 e. The standard InChI is InChI=1S/C19H27N3O/c1-3-6-15(7-4-2)14-23-18-12-21-19(22-13-18)17-9-5-8-16(10-17)11-20/h5,8-10,12-13,15H,3-4,6-7,11,14,20H2,1-2H3. The Labute approximate surface area is 139 Å². The molecule has 0 atom stereocenters. The summed E-state index contributed by atoms with van der Waals surface area (Å²) in [7, 11) is 0. The van der Waals surface area contributed by atoms with Gasteiger partial charge in [0, 0.05) is 12.1 Å². The van der Waals surface area contributed by atoms with Crippen LogP contribution in [-0.2, 0) is 6.54 Å². The maximum absolute atomic E-state index is 5.86. The van der Waals surface area contributed by atoms with E-state index >= 15 is 0 Å². The first-order chi connectivity index (χ1) is 11.3. The number of nitrogens with zero attached hydrogens (tertiary/aromatic N) is 2. The SMILES string of the molecule is CCCC(CCC)COc1cnc(-c2cccc(CN)c2)nc1. The van der Waals surface area contributed by atoms with Crippen LogP contribution in [0, 0.1) is 5.92 Å². The minimum Gasteiger partial charge on any atom is -0.490 e. The Hall–Kier alpha value is -1.94. The van der Waals surface area contributed by atoms with Crippen molar-refractivity contribution < 1.29 is 4.74 Å². The van der Waals surface area contributed by atoms with Crippen molar-refractivity contribution in [3.05, 3.63) is 42.2 Å². The molecule has 2 N–H and O–H groups in total. The van der Waals surface area contributed by atoms with Gasteiger partial charge in [0.25, 0.3) is 0 Å². The monoisotopic (exact) mass is 313 g/mol. The van der Waals surface area contributed by atoms with Gasteiger partial charge in [0.15, 0.2) is 11.6 Å². The van der Waals surface area contributed by atoms with E-state index in [-0.39, 0.29) is 0 Å². The molecule has 0 aliphatic heterocycles. The number of benzene rings is 1. The number of ether oxygens (including phenoxy) is 1. The number of hydrogen-bond donors (Lipinski definition) is 1. The highest BCUT2D eigenvalue weighted by molar-refractivity contribution is 5.56. The lowest BCUT2D eigenvalue weighted by Gasteiger charge is -2.15. The maximum Gasteiger partial charge on any atom is 0.159 e. The summed E-state index contributed by atoms with van der Waals surface area (Å²) < 4.78 is 5.86. The minimum atomic E-state index is 0.519. The van der Waals surface area contributed by atoms with Gasteiger partial charge in [-0.15, -0.1) is 0 Å². The van der Waals surface area contributed by atoms with Crippen molar-refractivity contribution in [2.75, 3.05) is 6.61 Å². The molecule has 0 spiro atoms. The molecule has 1 heterocycles. The second-order valence-corrected chi connectivity index (χ2v) is 5.90. The predicted molar refractivity (Wildman–Crippen MR) is 94.2 cm³/mol. The van der Waals surface area contributed by atoms with Crippen LogP contribution in [0.1, 0.15) is 45.1 Å². The highest BCUT2D eigenvalue weighted by Gasteiger charge is 2.09. The molecule has 4 nitrogen and oxygen atoms in total. The Morgan fingerprint density at radius 1 is 1.09 bits per heavy atom. The average Bonchev–Trinajstić information content (AvgIpc) is 2.60. The second kappa shape index (κ2) is 9.26. The van der Waals surface area contributed by atoms with Crippen molar-refractivity contribution >= 4 is 0 Å². The molecule has 0 unspecified atom stereocenters. The highest BCUT2D eigenvalue weighted by Crippen LogP contribution is 2.19. The van der Waals surface area contributed by atoms with Gasteiger partial charge < -0.3 is 10.5 Å². The van der Waals surface area contributed by atoms with Gasteiger partial charge in [-0.1, -0.05) is 44.9 Å². The van der Waals surface area contributed by atoms with E-state index in [0.29, 0.717) is 18.3 Å². The van der Waals surface area contributed by atoms with Crippen LogP contribution in [0.5, 0.6) is 5.75 Å². The van der Waals surface area contributed by atoms with E-state index in [9.17, 15) is 0 Å². The third-order valence-electron chi connectivity index (χ3n) is 3.93. The van der Waals surface area contributed by atoms with E-state index in [1.165, 1.54) is 25.7 Å². The molecule has 0 amide bonds. The zero-order valence-electron chi connectivity index (χ0n) is 14.2. The van der Waals surface area contributed by atoms with E-state index in [2.05, 4.69) is 23.8 Å². The first-order valence-corrected chi connectivity index (χ1v) is 8.51. The summed E-state index contributed by atoms with van der Waals surface area (Å²) in [6.45, 7) is 5.70. The van der Waals surface area contributed by atoms with E-state index in [0.717, 1.165) is 23.5 Å². The lowest BCUT2D eigenvalue weighted by Crippen LogP contribution is -2.12. The fourth-order valence-corrected chi connectivity index (χ4v) is 2.72. The van der Waals surface area contributed by atoms with Gasteiger partial charge in [0.2, 0.25) is 0 Å². The lowest BCUT2D eigenvalue weighted by atomic mass is 9.99. The number of nitrogens with two attached hydrogens (primary N) is 1. The second-order valence-electron chi connectivity index (χ2n) is 5.90. The summed E-state index contributed by atoms with van der Waals surface area (Å²) in [5.41, 5.74) is 7.74. The Kier molecular flexibility index (Phi) is 7.01. The zero-order valence-corrected chi connectivity index (χ0v) is 14.2. The van der Waals surface area contributed by atoms with Crippen LogP contribution in [0.2, 0.25) is 0 Å². The zero-order chi connectivity index (χ0) is 16.5. The maximum atomic E-state index is 5.86. The van der Waals surface area contributed by atoms with E-state index < -0.39 is 0 Å². The quantitative estimate of drug-likeness (QED) is 0.753. The van der Waals surface area contributed by atoms with Gasteiger partial charge in [-0.05, 0) is 30.4 Å². The summed E-state index contributed by atoms with van der Waals surface area (Å²) in [5.74, 6) is 2.05. The van der Waals surface area contributed by atoms with Crippen LogP contribution < -0.4 is 10.5 Å². The average molecular weight is 313 g/mol. The van der Waals surface area contributed by atoms with Gasteiger partial charge in [-0.25, -0.2) is 9.97 Å². The molecule has 0 fully saturated rings. The molecule has 0 saturated carbocycles. The van der Waals surface area contributed by atoms with Crippen molar-refractivity contribution in [2.24, 2.45) is 11.7 Å². The Balaban J connectivity index is 1.98. The summed E-state index contributed by atoms with van der Waals surface area (Å²) in [6, 6.07) is 8.00. The summed E-state index contributed by atoms with van der Waals surface area (Å²) >= 11 is 0. The first kappa shape index (κ1) is 17.4. The van der Waals surface area contributed by atoms with Crippen molar-refractivity contribution in [3.63, 3.8) is 0 Å². The fourth-order valence-electron chi connectivity index (χ4n) is 2.72. The Bertz CT molecular complexity index is 577. The van der Waals surface area contributed by atoms with Crippen molar-refractivity contribution in [3.8, 4) is 17.1 Å². The largest absolute Gasteiger partial charge is 0.490 e. The van der Waals surface area contributed by atoms with Gasteiger partial charge in [-0.3, -0.25) is 0 Å². The normalized spacial score (nSPS) is 11.0. The molecule has 124 valence electrons. The van der Waals surface area contributed by atoms with Crippen molar-refractivity contribution in [2.45, 2.75) is 46.1 Å². The summed E-state index contributed by atoms with van der Waals surface area (Å²) in [6.07, 6.45) is 8.32. The third kappa shape index (κ3) is 5.32. The molecule has 0 bridgehead atoms. The fraction of sp³-hybridized carbons (Fsp3) is 0.474. The molecular formula is C19H27N3O.